The average Bonchev–Trinajstić information content (AvgIpc) is 3.01. The first kappa shape index (κ1) is 9.48. The van der Waals surface area contributed by atoms with Crippen LogP contribution in [0.3, 0.4) is 0 Å². The van der Waals surface area contributed by atoms with E-state index in [0.717, 1.165) is 25.7 Å². The van der Waals surface area contributed by atoms with Crippen molar-refractivity contribution in [3.63, 3.8) is 0 Å². The highest BCUT2D eigenvalue weighted by molar-refractivity contribution is 6.28. The zero-order valence-electron chi connectivity index (χ0n) is 13.4. The van der Waals surface area contributed by atoms with Crippen molar-refractivity contribution in [2.75, 3.05) is 0 Å². The number of nitrogens with zero attached hydrogens (tertiary/aromatic N) is 3. The molecule has 0 bridgehead atoms. The van der Waals surface area contributed by atoms with Crippen molar-refractivity contribution in [3.05, 3.63) is 23.2 Å². The van der Waals surface area contributed by atoms with Gasteiger partial charge in [-0.15, -0.1) is 0 Å². The Labute approximate surface area is 121 Å². The Morgan fingerprint density at radius 1 is 1.58 bits per heavy atom. The van der Waals surface area contributed by atoms with E-state index in [2.05, 4.69) is 9.97 Å². The molecular weight excluding hydrogens is 262 g/mol. The molecule has 0 saturated heterocycles. The summed E-state index contributed by atoms with van der Waals surface area (Å²) in [5.41, 5.74) is 1.01. The first-order valence-electron chi connectivity index (χ1n) is 7.92. The molecule has 2 aromatic rings. The van der Waals surface area contributed by atoms with Crippen LogP contribution in [0.4, 0.5) is 0 Å². The van der Waals surface area contributed by atoms with Crippen molar-refractivity contribution in [2.24, 2.45) is 0 Å². The summed E-state index contributed by atoms with van der Waals surface area (Å²) in [6.07, 6.45) is 5.20. The third-order valence-electron chi connectivity index (χ3n) is 3.68. The number of hydrogen-bond acceptors (Lipinski definition) is 3. The summed E-state index contributed by atoms with van der Waals surface area (Å²) >= 11 is 5.88. The number of fused-ring (bicyclic) bond motifs is 1. The van der Waals surface area contributed by atoms with Gasteiger partial charge in [0.15, 0.2) is 5.78 Å². The fraction of sp³-hybridized carbons (Fsp3) is 0.500. The Balaban J connectivity index is 2.11. The highest BCUT2D eigenvalue weighted by Gasteiger charge is 2.24. The van der Waals surface area contributed by atoms with Crippen LogP contribution in [0, 0.1) is 0 Å². The van der Waals surface area contributed by atoms with Crippen molar-refractivity contribution in [3.8, 4) is 0 Å². The first-order valence-corrected chi connectivity index (χ1v) is 6.80. The van der Waals surface area contributed by atoms with Gasteiger partial charge < -0.3 is 4.57 Å². The van der Waals surface area contributed by atoms with Gasteiger partial charge in [-0.3, -0.25) is 4.79 Å². The molecule has 0 amide bonds. The van der Waals surface area contributed by atoms with Gasteiger partial charge in [0.25, 0.3) is 0 Å². The van der Waals surface area contributed by atoms with Crippen LogP contribution < -0.4 is 0 Å². The van der Waals surface area contributed by atoms with Crippen LogP contribution in [-0.4, -0.2) is 20.3 Å². The van der Waals surface area contributed by atoms with Gasteiger partial charge >= 0.3 is 0 Å². The zero-order chi connectivity index (χ0) is 15.9. The van der Waals surface area contributed by atoms with Gasteiger partial charge in [-0.05, 0) is 30.5 Å². The Bertz CT molecular complexity index is 720. The highest BCUT2D eigenvalue weighted by Crippen LogP contribution is 2.34. The molecule has 1 aliphatic rings. The Kier molecular flexibility index (Phi) is 2.46. The molecule has 0 N–H and O–H groups in total. The summed E-state index contributed by atoms with van der Waals surface area (Å²) in [4.78, 5) is 20.6. The quantitative estimate of drug-likeness (QED) is 0.635. The monoisotopic (exact) mass is 280 g/mol. The summed E-state index contributed by atoms with van der Waals surface area (Å²) in [5, 5.41) is 0.838. The van der Waals surface area contributed by atoms with E-state index in [1.54, 1.807) is 12.3 Å². The number of hydrogen-bond donors (Lipinski definition) is 0. The minimum atomic E-state index is -2.28. The number of aromatic nitrogens is 3. The van der Waals surface area contributed by atoms with Crippen LogP contribution >= 0.6 is 11.6 Å². The minimum absolute atomic E-state index is 0.125. The van der Waals surface area contributed by atoms with Gasteiger partial charge in [0.2, 0.25) is 5.28 Å². The van der Waals surface area contributed by atoms with Crippen LogP contribution in [0.15, 0.2) is 12.3 Å². The SMILES string of the molecule is [2H]C([2H])([2H])CC(=O)c1cc2cnc(Cl)nc2n1C1CCCC1. The number of carbonyl (C=O) groups is 1. The molecule has 5 heteroatoms. The molecule has 0 aliphatic heterocycles. The van der Waals surface area contributed by atoms with Crippen LogP contribution in [0.2, 0.25) is 5.28 Å². The Morgan fingerprint density at radius 3 is 3.11 bits per heavy atom. The van der Waals surface area contributed by atoms with E-state index in [1.807, 2.05) is 4.57 Å². The lowest BCUT2D eigenvalue weighted by Gasteiger charge is -2.16. The van der Waals surface area contributed by atoms with Gasteiger partial charge in [-0.2, -0.15) is 4.98 Å². The van der Waals surface area contributed by atoms with Crippen molar-refractivity contribution >= 4 is 28.4 Å². The second kappa shape index (κ2) is 4.93. The summed E-state index contributed by atoms with van der Waals surface area (Å²) in [5.74, 6) is -0.388. The van der Waals surface area contributed by atoms with E-state index in [0.29, 0.717) is 16.7 Å². The van der Waals surface area contributed by atoms with Crippen LogP contribution in [-0.2, 0) is 0 Å². The minimum Gasteiger partial charge on any atom is -0.320 e. The second-order valence-electron chi connectivity index (χ2n) is 4.86. The average molecular weight is 281 g/mol. The molecule has 2 heterocycles. The fourth-order valence-electron chi connectivity index (χ4n) is 2.82. The van der Waals surface area contributed by atoms with Gasteiger partial charge in [0, 0.05) is 28.2 Å². The maximum absolute atomic E-state index is 12.4. The number of carbonyl (C=O) groups excluding carboxylic acids is 1. The van der Waals surface area contributed by atoms with E-state index in [9.17, 15) is 4.79 Å². The van der Waals surface area contributed by atoms with E-state index in [4.69, 9.17) is 15.7 Å². The molecule has 0 radical (unpaired) electrons. The molecule has 0 aromatic carbocycles. The maximum Gasteiger partial charge on any atom is 0.224 e. The molecular formula is C14H16ClN3O. The molecule has 1 saturated carbocycles. The van der Waals surface area contributed by atoms with Crippen molar-refractivity contribution in [2.45, 2.75) is 45.0 Å². The van der Waals surface area contributed by atoms with E-state index in [1.165, 1.54) is 0 Å². The van der Waals surface area contributed by atoms with Crippen LogP contribution in [0.25, 0.3) is 11.0 Å². The zero-order valence-corrected chi connectivity index (χ0v) is 11.2. The van der Waals surface area contributed by atoms with E-state index < -0.39 is 13.3 Å². The molecule has 100 valence electrons. The molecule has 4 nitrogen and oxygen atoms in total. The number of halogens is 1. The van der Waals surface area contributed by atoms with Crippen molar-refractivity contribution < 1.29 is 8.91 Å². The fourth-order valence-corrected chi connectivity index (χ4v) is 2.95. The summed E-state index contributed by atoms with van der Waals surface area (Å²) in [6, 6.07) is 1.84. The third-order valence-corrected chi connectivity index (χ3v) is 3.86. The second-order valence-corrected chi connectivity index (χ2v) is 5.19. The number of Topliss-reactive ketones (excluding diaryl/α,β-unsaturated/α-hetero) is 1. The lowest BCUT2D eigenvalue weighted by atomic mass is 10.2. The normalized spacial score (nSPS) is 19.3. The Morgan fingerprint density at radius 2 is 2.37 bits per heavy atom. The van der Waals surface area contributed by atoms with Crippen LogP contribution in [0.1, 0.15) is 59.6 Å². The van der Waals surface area contributed by atoms with Gasteiger partial charge in [0.1, 0.15) is 5.65 Å². The standard InChI is InChI=1S/C14H16ClN3O/c1-2-12(19)11-7-9-8-16-14(15)17-13(9)18(11)10-5-3-4-6-10/h7-8,10H,2-6H2,1H3/i1D3. The molecule has 0 atom stereocenters. The predicted molar refractivity (Wildman–Crippen MR) is 74.7 cm³/mol. The van der Waals surface area contributed by atoms with Crippen molar-refractivity contribution in [1.82, 2.24) is 14.5 Å². The van der Waals surface area contributed by atoms with Crippen LogP contribution in [0.5, 0.6) is 0 Å². The molecule has 1 aliphatic carbocycles. The van der Waals surface area contributed by atoms with E-state index in [-0.39, 0.29) is 17.1 Å². The van der Waals surface area contributed by atoms with Gasteiger partial charge in [-0.25, -0.2) is 4.98 Å². The van der Waals surface area contributed by atoms with E-state index >= 15 is 0 Å². The molecule has 19 heavy (non-hydrogen) atoms. The topological polar surface area (TPSA) is 47.8 Å². The lowest BCUT2D eigenvalue weighted by Crippen LogP contribution is -2.13. The van der Waals surface area contributed by atoms with Gasteiger partial charge in [-0.1, -0.05) is 19.7 Å². The molecule has 2 aromatic heterocycles. The highest BCUT2D eigenvalue weighted by atomic mass is 35.5. The molecule has 0 unspecified atom stereocenters. The molecule has 0 spiro atoms. The van der Waals surface area contributed by atoms with Crippen molar-refractivity contribution in [1.29, 1.82) is 0 Å². The summed E-state index contributed by atoms with van der Waals surface area (Å²) in [6.45, 7) is -2.28. The first-order chi connectivity index (χ1) is 10.3. The molecule has 1 fully saturated rings. The summed E-state index contributed by atoms with van der Waals surface area (Å²) in [7, 11) is 0. The third kappa shape index (κ3) is 2.14. The molecule has 3 rings (SSSR count). The largest absolute Gasteiger partial charge is 0.320 e. The smallest absolute Gasteiger partial charge is 0.224 e. The lowest BCUT2D eigenvalue weighted by molar-refractivity contribution is 0.0977. The predicted octanol–water partition coefficient (Wildman–Crippen LogP) is 3.79. The Hall–Kier alpha value is -1.42. The number of rotatable bonds is 3. The van der Waals surface area contributed by atoms with Gasteiger partial charge in [0.05, 0.1) is 5.69 Å². The summed E-state index contributed by atoms with van der Waals surface area (Å²) < 4.78 is 23.8. The maximum atomic E-state index is 12.4. The number of ketones is 1.